The van der Waals surface area contributed by atoms with Crippen molar-refractivity contribution in [1.82, 2.24) is 4.90 Å². The van der Waals surface area contributed by atoms with Gasteiger partial charge in [0.15, 0.2) is 23.1 Å². The molecular formula is C30H31IN2O6. The quantitative estimate of drug-likeness (QED) is 0.182. The number of rotatable bonds is 8. The van der Waals surface area contributed by atoms with Gasteiger partial charge in [-0.25, -0.2) is 0 Å². The topological polar surface area (TPSA) is 99.0 Å². The van der Waals surface area contributed by atoms with Gasteiger partial charge in [-0.3, -0.25) is 19.7 Å². The molecule has 0 bridgehead atoms. The standard InChI is InChI=1S/C30H31IN2O6/c1-3-13-32-22-9-5-11-24(34)28(22)27(29-23(32)10-6-12-25(29)35)19-15-21(31)30(26(16-19)38-2)39-17-18-7-4-8-20(14-18)33(36)37/h4,7-8,14-16,27H,3,5-6,9-13,17H2,1-2H3. The summed E-state index contributed by atoms with van der Waals surface area (Å²) >= 11 is 2.19. The molecule has 9 heteroatoms. The third-order valence-corrected chi connectivity index (χ3v) is 8.42. The van der Waals surface area contributed by atoms with Crippen molar-refractivity contribution in [2.24, 2.45) is 0 Å². The number of carbonyl (C=O) groups excluding carboxylic acids is 2. The molecule has 2 aromatic carbocycles. The molecule has 0 unspecified atom stereocenters. The van der Waals surface area contributed by atoms with Crippen LogP contribution in [0.5, 0.6) is 11.5 Å². The molecule has 8 nitrogen and oxygen atoms in total. The number of ketones is 2. The van der Waals surface area contributed by atoms with Crippen LogP contribution in [0, 0.1) is 13.7 Å². The molecule has 0 saturated carbocycles. The van der Waals surface area contributed by atoms with Crippen molar-refractivity contribution in [3.05, 3.63) is 83.7 Å². The molecule has 2 aromatic rings. The van der Waals surface area contributed by atoms with Gasteiger partial charge in [0.2, 0.25) is 0 Å². The Morgan fingerprint density at radius 2 is 1.69 bits per heavy atom. The fourth-order valence-corrected chi connectivity index (χ4v) is 6.79. The number of ether oxygens (including phenoxy) is 2. The molecule has 0 spiro atoms. The number of nitro benzene ring substituents is 1. The predicted octanol–water partition coefficient (Wildman–Crippen LogP) is 6.61. The van der Waals surface area contributed by atoms with Crippen LogP contribution in [0.1, 0.15) is 68.9 Å². The van der Waals surface area contributed by atoms with Gasteiger partial charge in [-0.2, -0.15) is 0 Å². The van der Waals surface area contributed by atoms with Gasteiger partial charge in [0, 0.05) is 60.0 Å². The first kappa shape index (κ1) is 27.4. The van der Waals surface area contributed by atoms with Crippen molar-refractivity contribution in [2.75, 3.05) is 13.7 Å². The first-order chi connectivity index (χ1) is 18.8. The number of benzene rings is 2. The van der Waals surface area contributed by atoms with E-state index in [0.717, 1.165) is 70.3 Å². The van der Waals surface area contributed by atoms with Crippen LogP contribution in [0.4, 0.5) is 5.69 Å². The second-order valence-electron chi connectivity index (χ2n) is 10.1. The van der Waals surface area contributed by atoms with E-state index < -0.39 is 10.8 Å². The van der Waals surface area contributed by atoms with Gasteiger partial charge in [0.1, 0.15) is 6.61 Å². The summed E-state index contributed by atoms with van der Waals surface area (Å²) in [4.78, 5) is 39.9. The second kappa shape index (κ2) is 11.5. The minimum absolute atomic E-state index is 0.00461. The van der Waals surface area contributed by atoms with E-state index in [0.29, 0.717) is 29.9 Å². The van der Waals surface area contributed by atoms with Crippen LogP contribution >= 0.6 is 22.6 Å². The number of nitro groups is 1. The number of hydrogen-bond acceptors (Lipinski definition) is 7. The third-order valence-electron chi connectivity index (χ3n) is 7.62. The summed E-state index contributed by atoms with van der Waals surface area (Å²) in [6, 6.07) is 10.2. The molecule has 0 saturated heterocycles. The summed E-state index contributed by atoms with van der Waals surface area (Å²) in [7, 11) is 1.56. The number of nitrogens with zero attached hydrogens (tertiary/aromatic N) is 2. The lowest BCUT2D eigenvalue weighted by Gasteiger charge is -2.44. The van der Waals surface area contributed by atoms with Crippen LogP contribution in [0.3, 0.4) is 0 Å². The predicted molar refractivity (Wildman–Crippen MR) is 155 cm³/mol. The van der Waals surface area contributed by atoms with Gasteiger partial charge in [-0.05, 0) is 78.0 Å². The van der Waals surface area contributed by atoms with Gasteiger partial charge in [0.25, 0.3) is 5.69 Å². The van der Waals surface area contributed by atoms with Crippen LogP contribution in [-0.4, -0.2) is 35.0 Å². The van der Waals surface area contributed by atoms with E-state index >= 15 is 0 Å². The van der Waals surface area contributed by atoms with E-state index in [-0.39, 0.29) is 23.9 Å². The molecule has 39 heavy (non-hydrogen) atoms. The summed E-state index contributed by atoms with van der Waals surface area (Å²) in [5, 5.41) is 11.2. The fourth-order valence-electron chi connectivity index (χ4n) is 6.01. The highest BCUT2D eigenvalue weighted by molar-refractivity contribution is 14.1. The number of non-ortho nitro benzene ring substituents is 1. The zero-order valence-corrected chi connectivity index (χ0v) is 24.3. The number of allylic oxidation sites excluding steroid dienone is 4. The Morgan fingerprint density at radius 1 is 1.03 bits per heavy atom. The Balaban J connectivity index is 1.57. The normalized spacial score (nSPS) is 17.8. The molecule has 3 aliphatic rings. The lowest BCUT2D eigenvalue weighted by molar-refractivity contribution is -0.384. The van der Waals surface area contributed by atoms with E-state index in [1.54, 1.807) is 19.2 Å². The largest absolute Gasteiger partial charge is 0.493 e. The summed E-state index contributed by atoms with van der Waals surface area (Å²) in [6.45, 7) is 3.06. The molecule has 0 N–H and O–H groups in total. The van der Waals surface area contributed by atoms with E-state index in [4.69, 9.17) is 9.47 Å². The van der Waals surface area contributed by atoms with E-state index in [2.05, 4.69) is 34.4 Å². The first-order valence-electron chi connectivity index (χ1n) is 13.4. The van der Waals surface area contributed by atoms with Gasteiger partial charge in [-0.15, -0.1) is 0 Å². The maximum atomic E-state index is 13.5. The Bertz CT molecular complexity index is 1370. The number of carbonyl (C=O) groups is 2. The lowest BCUT2D eigenvalue weighted by atomic mass is 9.71. The third kappa shape index (κ3) is 5.20. The van der Waals surface area contributed by atoms with Gasteiger partial charge < -0.3 is 14.4 Å². The molecule has 0 atom stereocenters. The Labute approximate surface area is 241 Å². The molecule has 0 amide bonds. The van der Waals surface area contributed by atoms with Crippen LogP contribution in [0.25, 0.3) is 0 Å². The monoisotopic (exact) mass is 642 g/mol. The van der Waals surface area contributed by atoms with Gasteiger partial charge in [0.05, 0.1) is 15.6 Å². The SMILES string of the molecule is CCCN1C2=C(C(=O)CCC2)C(c2cc(I)c(OCc3cccc([N+](=O)[O-])c3)c(OC)c2)C2=C1CCCC2=O. The Morgan fingerprint density at radius 3 is 2.28 bits per heavy atom. The molecule has 5 rings (SSSR count). The maximum Gasteiger partial charge on any atom is 0.269 e. The number of hydrogen-bond donors (Lipinski definition) is 0. The molecule has 1 heterocycles. The van der Waals surface area contributed by atoms with Crippen molar-refractivity contribution >= 4 is 39.8 Å². The summed E-state index contributed by atoms with van der Waals surface area (Å²) in [5.41, 5.74) is 5.18. The van der Waals surface area contributed by atoms with Crippen LogP contribution in [0.2, 0.25) is 0 Å². The second-order valence-corrected chi connectivity index (χ2v) is 11.3. The van der Waals surface area contributed by atoms with E-state index in [1.165, 1.54) is 12.1 Å². The Kier molecular flexibility index (Phi) is 8.06. The average molecular weight is 642 g/mol. The number of halogens is 1. The molecule has 204 valence electrons. The minimum Gasteiger partial charge on any atom is -0.493 e. The van der Waals surface area contributed by atoms with Crippen molar-refractivity contribution in [2.45, 2.75) is 64.4 Å². The fraction of sp³-hybridized carbons (Fsp3) is 0.400. The lowest BCUT2D eigenvalue weighted by Crippen LogP contribution is -2.39. The highest BCUT2D eigenvalue weighted by atomic mass is 127. The molecule has 0 fully saturated rings. The smallest absolute Gasteiger partial charge is 0.269 e. The molecular weight excluding hydrogens is 611 g/mol. The molecule has 0 radical (unpaired) electrons. The van der Waals surface area contributed by atoms with E-state index in [1.807, 2.05) is 12.1 Å². The maximum absolute atomic E-state index is 13.5. The number of methoxy groups -OCH3 is 1. The minimum atomic E-state index is -0.431. The summed E-state index contributed by atoms with van der Waals surface area (Å²) in [6.07, 6.45) is 5.24. The zero-order valence-electron chi connectivity index (χ0n) is 22.1. The van der Waals surface area contributed by atoms with Gasteiger partial charge in [-0.1, -0.05) is 19.1 Å². The van der Waals surface area contributed by atoms with Crippen LogP contribution < -0.4 is 9.47 Å². The van der Waals surface area contributed by atoms with Gasteiger partial charge >= 0.3 is 0 Å². The van der Waals surface area contributed by atoms with Crippen molar-refractivity contribution in [1.29, 1.82) is 0 Å². The van der Waals surface area contributed by atoms with E-state index in [9.17, 15) is 19.7 Å². The van der Waals surface area contributed by atoms with Crippen LogP contribution in [0.15, 0.2) is 58.9 Å². The Hall–Kier alpha value is -3.21. The summed E-state index contributed by atoms with van der Waals surface area (Å²) < 4.78 is 12.6. The zero-order chi connectivity index (χ0) is 27.7. The van der Waals surface area contributed by atoms with Crippen LogP contribution in [-0.2, 0) is 16.2 Å². The molecule has 1 aliphatic heterocycles. The number of Topliss-reactive ketones (excluding diaryl/α,β-unsaturated/α-hetero) is 2. The first-order valence-corrected chi connectivity index (χ1v) is 14.5. The average Bonchev–Trinajstić information content (AvgIpc) is 2.93. The van der Waals surface area contributed by atoms with Crippen molar-refractivity contribution < 1.29 is 24.0 Å². The molecule has 0 aromatic heterocycles. The highest BCUT2D eigenvalue weighted by Crippen LogP contribution is 2.50. The molecule has 2 aliphatic carbocycles. The highest BCUT2D eigenvalue weighted by Gasteiger charge is 2.43. The van der Waals surface area contributed by atoms with Crippen molar-refractivity contribution in [3.8, 4) is 11.5 Å². The summed E-state index contributed by atoms with van der Waals surface area (Å²) in [5.74, 6) is 0.829. The van der Waals surface area contributed by atoms with Crippen molar-refractivity contribution in [3.63, 3.8) is 0 Å².